The topological polar surface area (TPSA) is 63.3 Å². The summed E-state index contributed by atoms with van der Waals surface area (Å²) in [6.45, 7) is 6.26. The van der Waals surface area contributed by atoms with Gasteiger partial charge in [0, 0.05) is 57.4 Å². The van der Waals surface area contributed by atoms with Gasteiger partial charge >= 0.3 is 0 Å². The van der Waals surface area contributed by atoms with E-state index in [9.17, 15) is 4.79 Å². The molecule has 7 nitrogen and oxygen atoms in total. The molecular weight excluding hydrogens is 418 g/mol. The van der Waals surface area contributed by atoms with E-state index in [2.05, 4.69) is 22.3 Å². The minimum Gasteiger partial charge on any atom is -0.493 e. The van der Waals surface area contributed by atoms with Crippen LogP contribution in [0.3, 0.4) is 0 Å². The Hall–Kier alpha value is -2.77. The van der Waals surface area contributed by atoms with E-state index in [1.54, 1.807) is 12.0 Å². The van der Waals surface area contributed by atoms with Gasteiger partial charge in [-0.2, -0.15) is 0 Å². The second kappa shape index (κ2) is 10.0. The Labute approximate surface area is 195 Å². The Morgan fingerprint density at radius 1 is 0.970 bits per heavy atom. The molecule has 7 heteroatoms. The zero-order valence-electron chi connectivity index (χ0n) is 19.3. The monoisotopic (exact) mass is 451 g/mol. The van der Waals surface area contributed by atoms with Crippen molar-refractivity contribution >= 4 is 11.6 Å². The number of nitrogens with zero attached hydrogens (tertiary/aromatic N) is 2. The summed E-state index contributed by atoms with van der Waals surface area (Å²) >= 11 is 0. The molecule has 0 bridgehead atoms. The average molecular weight is 452 g/mol. The highest BCUT2D eigenvalue weighted by atomic mass is 16.5. The highest BCUT2D eigenvalue weighted by molar-refractivity contribution is 5.99. The third-order valence-electron chi connectivity index (χ3n) is 6.70. The number of rotatable bonds is 9. The first-order valence-corrected chi connectivity index (χ1v) is 12.0. The fraction of sp³-hybridized carbons (Fsp3) is 0.500. The first-order chi connectivity index (χ1) is 16.2. The molecule has 3 aliphatic rings. The minimum atomic E-state index is -0.460. The Morgan fingerprint density at radius 2 is 1.76 bits per heavy atom. The quantitative estimate of drug-likeness (QED) is 0.632. The zero-order chi connectivity index (χ0) is 22.6. The Morgan fingerprint density at radius 3 is 2.48 bits per heavy atom. The van der Waals surface area contributed by atoms with E-state index >= 15 is 0 Å². The SMILES string of the molecule is COc1cc(N2CC[C@H](Oc3ccc(C4CC4)cc3)C2=O)ccc1OCCN1CCNCC1. The van der Waals surface area contributed by atoms with Gasteiger partial charge in [0.2, 0.25) is 0 Å². The zero-order valence-corrected chi connectivity index (χ0v) is 19.3. The van der Waals surface area contributed by atoms with Crippen molar-refractivity contribution < 1.29 is 19.0 Å². The number of hydrogen-bond acceptors (Lipinski definition) is 6. The van der Waals surface area contributed by atoms with Crippen LogP contribution in [0, 0.1) is 0 Å². The molecule has 2 heterocycles. The molecule has 1 aliphatic carbocycles. The summed E-state index contributed by atoms with van der Waals surface area (Å²) < 4.78 is 17.6. The van der Waals surface area contributed by atoms with Crippen molar-refractivity contribution in [1.82, 2.24) is 10.2 Å². The summed E-state index contributed by atoms with van der Waals surface area (Å²) in [4.78, 5) is 17.2. The summed E-state index contributed by atoms with van der Waals surface area (Å²) in [6, 6.07) is 13.9. The lowest BCUT2D eigenvalue weighted by Crippen LogP contribution is -2.44. The summed E-state index contributed by atoms with van der Waals surface area (Å²) in [7, 11) is 1.63. The van der Waals surface area contributed by atoms with Crippen LogP contribution in [0.15, 0.2) is 42.5 Å². The number of amides is 1. The molecule has 0 radical (unpaired) electrons. The number of carbonyl (C=O) groups is 1. The van der Waals surface area contributed by atoms with Gasteiger partial charge < -0.3 is 24.4 Å². The predicted octanol–water partition coefficient (Wildman–Crippen LogP) is 3.04. The van der Waals surface area contributed by atoms with Gasteiger partial charge in [0.1, 0.15) is 12.4 Å². The molecule has 2 aliphatic heterocycles. The summed E-state index contributed by atoms with van der Waals surface area (Å²) in [5, 5.41) is 3.36. The van der Waals surface area contributed by atoms with E-state index in [-0.39, 0.29) is 5.91 Å². The summed E-state index contributed by atoms with van der Waals surface area (Å²) in [5.41, 5.74) is 2.17. The van der Waals surface area contributed by atoms with E-state index in [1.165, 1.54) is 18.4 Å². The largest absolute Gasteiger partial charge is 0.493 e. The van der Waals surface area contributed by atoms with Crippen molar-refractivity contribution in [1.29, 1.82) is 0 Å². The van der Waals surface area contributed by atoms with E-state index in [1.807, 2.05) is 30.3 Å². The van der Waals surface area contributed by atoms with Crippen molar-refractivity contribution in [3.63, 3.8) is 0 Å². The van der Waals surface area contributed by atoms with E-state index in [4.69, 9.17) is 14.2 Å². The molecule has 33 heavy (non-hydrogen) atoms. The normalized spacial score (nSPS) is 21.3. The van der Waals surface area contributed by atoms with Crippen LogP contribution in [0.5, 0.6) is 17.2 Å². The van der Waals surface area contributed by atoms with Crippen LogP contribution in [0.4, 0.5) is 5.69 Å². The molecule has 5 rings (SSSR count). The Bertz CT molecular complexity index is 955. The number of carbonyl (C=O) groups excluding carboxylic acids is 1. The molecule has 1 atom stereocenters. The van der Waals surface area contributed by atoms with Gasteiger partial charge in [0.15, 0.2) is 17.6 Å². The van der Waals surface area contributed by atoms with E-state index in [0.717, 1.165) is 44.2 Å². The molecule has 0 unspecified atom stereocenters. The van der Waals surface area contributed by atoms with Crippen molar-refractivity contribution in [3.8, 4) is 17.2 Å². The summed E-state index contributed by atoms with van der Waals surface area (Å²) in [6.07, 6.45) is 2.76. The van der Waals surface area contributed by atoms with Crippen LogP contribution in [0.25, 0.3) is 0 Å². The minimum absolute atomic E-state index is 0.0179. The van der Waals surface area contributed by atoms with E-state index < -0.39 is 6.10 Å². The van der Waals surface area contributed by atoms with Crippen molar-refractivity contribution in [2.75, 3.05) is 57.9 Å². The number of ether oxygens (including phenoxy) is 3. The first-order valence-electron chi connectivity index (χ1n) is 12.0. The van der Waals surface area contributed by atoms with Crippen LogP contribution in [-0.4, -0.2) is 69.9 Å². The second-order valence-corrected chi connectivity index (χ2v) is 9.00. The van der Waals surface area contributed by atoms with Crippen molar-refractivity contribution in [3.05, 3.63) is 48.0 Å². The molecule has 1 N–H and O–H groups in total. The Balaban J connectivity index is 1.18. The lowest BCUT2D eigenvalue weighted by atomic mass is 10.1. The van der Waals surface area contributed by atoms with E-state index in [0.29, 0.717) is 37.0 Å². The highest BCUT2D eigenvalue weighted by Gasteiger charge is 2.35. The van der Waals surface area contributed by atoms with Crippen LogP contribution in [0.1, 0.15) is 30.7 Å². The first kappa shape index (κ1) is 22.0. The fourth-order valence-corrected chi connectivity index (χ4v) is 4.58. The van der Waals surface area contributed by atoms with Gasteiger partial charge in [-0.15, -0.1) is 0 Å². The third kappa shape index (κ3) is 5.25. The summed E-state index contributed by atoms with van der Waals surface area (Å²) in [5.74, 6) is 2.79. The van der Waals surface area contributed by atoms with Gasteiger partial charge in [-0.25, -0.2) is 0 Å². The molecule has 176 valence electrons. The maximum atomic E-state index is 13.0. The number of hydrogen-bond donors (Lipinski definition) is 1. The van der Waals surface area contributed by atoms with Crippen LogP contribution in [-0.2, 0) is 4.79 Å². The highest BCUT2D eigenvalue weighted by Crippen LogP contribution is 2.40. The number of benzene rings is 2. The standard InChI is InChI=1S/C26H33N3O4/c1-31-25-18-21(6-9-23(25)32-17-16-28-14-11-27-12-15-28)29-13-10-24(26(29)30)33-22-7-4-20(5-8-22)19-2-3-19/h4-9,18-19,24,27H,2-3,10-17H2,1H3/t24-/m0/s1. The van der Waals surface area contributed by atoms with Gasteiger partial charge in [0.25, 0.3) is 5.91 Å². The Kier molecular flexibility index (Phi) is 6.69. The number of piperazine rings is 1. The van der Waals surface area contributed by atoms with Crippen LogP contribution in [0.2, 0.25) is 0 Å². The number of anilines is 1. The van der Waals surface area contributed by atoms with Gasteiger partial charge in [0.05, 0.1) is 7.11 Å². The molecule has 0 spiro atoms. The molecular formula is C26H33N3O4. The molecule has 3 fully saturated rings. The molecule has 2 aromatic rings. The van der Waals surface area contributed by atoms with Gasteiger partial charge in [-0.05, 0) is 48.6 Å². The van der Waals surface area contributed by atoms with Gasteiger partial charge in [-0.1, -0.05) is 12.1 Å². The number of methoxy groups -OCH3 is 1. The fourth-order valence-electron chi connectivity index (χ4n) is 4.58. The smallest absolute Gasteiger partial charge is 0.268 e. The third-order valence-corrected chi connectivity index (χ3v) is 6.70. The molecule has 0 aromatic heterocycles. The molecule has 2 aromatic carbocycles. The molecule has 1 amide bonds. The predicted molar refractivity (Wildman–Crippen MR) is 128 cm³/mol. The van der Waals surface area contributed by atoms with Gasteiger partial charge in [-0.3, -0.25) is 9.69 Å². The lowest BCUT2D eigenvalue weighted by molar-refractivity contribution is -0.122. The second-order valence-electron chi connectivity index (χ2n) is 9.00. The maximum absolute atomic E-state index is 13.0. The molecule has 2 saturated heterocycles. The number of nitrogens with one attached hydrogen (secondary N) is 1. The van der Waals surface area contributed by atoms with Crippen LogP contribution >= 0.6 is 0 Å². The van der Waals surface area contributed by atoms with Crippen molar-refractivity contribution in [2.45, 2.75) is 31.3 Å². The van der Waals surface area contributed by atoms with Crippen molar-refractivity contribution in [2.24, 2.45) is 0 Å². The van der Waals surface area contributed by atoms with Crippen LogP contribution < -0.4 is 24.4 Å². The average Bonchev–Trinajstić information content (AvgIpc) is 3.64. The maximum Gasteiger partial charge on any atom is 0.268 e. The lowest BCUT2D eigenvalue weighted by Gasteiger charge is -2.27. The molecule has 1 saturated carbocycles.